The summed E-state index contributed by atoms with van der Waals surface area (Å²) < 4.78 is 10.6. The molecule has 1 unspecified atom stereocenters. The van der Waals surface area contributed by atoms with E-state index in [2.05, 4.69) is 11.8 Å². The first kappa shape index (κ1) is 17.5. The summed E-state index contributed by atoms with van der Waals surface area (Å²) in [5.41, 5.74) is 1.16. The average molecular weight is 293 g/mol. The van der Waals surface area contributed by atoms with E-state index in [4.69, 9.17) is 9.47 Å². The van der Waals surface area contributed by atoms with E-state index in [9.17, 15) is 4.79 Å². The molecule has 0 radical (unpaired) electrons. The van der Waals surface area contributed by atoms with Gasteiger partial charge in [-0.3, -0.25) is 4.79 Å². The summed E-state index contributed by atoms with van der Waals surface area (Å²) in [6.07, 6.45) is 0.941. The van der Waals surface area contributed by atoms with Crippen LogP contribution >= 0.6 is 0 Å². The number of rotatable bonds is 9. The van der Waals surface area contributed by atoms with E-state index in [1.54, 1.807) is 0 Å². The SMILES string of the molecule is CCN(CCCOc1ccccc1C)CC(C)C(=O)OC. The Morgan fingerprint density at radius 2 is 2.05 bits per heavy atom. The molecule has 1 atom stereocenters. The Kier molecular flexibility index (Phi) is 7.83. The van der Waals surface area contributed by atoms with Gasteiger partial charge in [0, 0.05) is 13.1 Å². The normalized spacial score (nSPS) is 12.2. The van der Waals surface area contributed by atoms with Crippen LogP contribution in [0.3, 0.4) is 0 Å². The van der Waals surface area contributed by atoms with Crippen LogP contribution in [0.5, 0.6) is 5.75 Å². The number of para-hydroxylation sites is 1. The Morgan fingerprint density at radius 1 is 1.33 bits per heavy atom. The van der Waals surface area contributed by atoms with Crippen LogP contribution in [0.1, 0.15) is 25.8 Å². The summed E-state index contributed by atoms with van der Waals surface area (Å²) in [6, 6.07) is 8.03. The topological polar surface area (TPSA) is 38.8 Å². The molecule has 0 N–H and O–H groups in total. The molecule has 0 heterocycles. The molecule has 21 heavy (non-hydrogen) atoms. The van der Waals surface area contributed by atoms with Crippen molar-refractivity contribution in [3.8, 4) is 5.75 Å². The van der Waals surface area contributed by atoms with Crippen molar-refractivity contribution in [1.29, 1.82) is 0 Å². The third kappa shape index (κ3) is 6.17. The van der Waals surface area contributed by atoms with E-state index in [1.807, 2.05) is 38.1 Å². The van der Waals surface area contributed by atoms with Gasteiger partial charge in [0.05, 0.1) is 19.6 Å². The van der Waals surface area contributed by atoms with E-state index in [-0.39, 0.29) is 11.9 Å². The minimum Gasteiger partial charge on any atom is -0.493 e. The first-order valence-corrected chi connectivity index (χ1v) is 7.57. The summed E-state index contributed by atoms with van der Waals surface area (Å²) >= 11 is 0. The van der Waals surface area contributed by atoms with Crippen LogP contribution in [-0.2, 0) is 9.53 Å². The highest BCUT2D eigenvalue weighted by Crippen LogP contribution is 2.16. The molecule has 4 heteroatoms. The smallest absolute Gasteiger partial charge is 0.309 e. The fraction of sp³-hybridized carbons (Fsp3) is 0.588. The zero-order valence-electron chi connectivity index (χ0n) is 13.6. The maximum absolute atomic E-state index is 11.4. The molecule has 1 aromatic carbocycles. The first-order chi connectivity index (χ1) is 10.1. The molecule has 0 saturated carbocycles. The van der Waals surface area contributed by atoms with Gasteiger partial charge in [-0.15, -0.1) is 0 Å². The summed E-state index contributed by atoms with van der Waals surface area (Å²) in [5.74, 6) is 0.709. The van der Waals surface area contributed by atoms with Crippen LogP contribution in [0.25, 0.3) is 0 Å². The quantitative estimate of drug-likeness (QED) is 0.518. The summed E-state index contributed by atoms with van der Waals surface area (Å²) in [5, 5.41) is 0. The maximum Gasteiger partial charge on any atom is 0.309 e. The predicted molar refractivity (Wildman–Crippen MR) is 84.6 cm³/mol. The number of carbonyl (C=O) groups excluding carboxylic acids is 1. The Balaban J connectivity index is 2.29. The van der Waals surface area contributed by atoms with Crippen molar-refractivity contribution < 1.29 is 14.3 Å². The third-order valence-corrected chi connectivity index (χ3v) is 3.55. The minimum atomic E-state index is -0.149. The molecule has 0 aliphatic heterocycles. The zero-order chi connectivity index (χ0) is 15.7. The van der Waals surface area contributed by atoms with Crippen LogP contribution in [-0.4, -0.2) is 44.2 Å². The van der Waals surface area contributed by atoms with Gasteiger partial charge >= 0.3 is 5.97 Å². The zero-order valence-corrected chi connectivity index (χ0v) is 13.6. The minimum absolute atomic E-state index is 0.0905. The number of methoxy groups -OCH3 is 1. The largest absolute Gasteiger partial charge is 0.493 e. The molecule has 0 amide bonds. The van der Waals surface area contributed by atoms with Crippen LogP contribution in [0, 0.1) is 12.8 Å². The molecule has 1 aromatic rings. The lowest BCUT2D eigenvalue weighted by atomic mass is 10.1. The fourth-order valence-corrected chi connectivity index (χ4v) is 2.23. The highest BCUT2D eigenvalue weighted by atomic mass is 16.5. The number of carbonyl (C=O) groups is 1. The number of hydrogen-bond donors (Lipinski definition) is 0. The van der Waals surface area contributed by atoms with E-state index < -0.39 is 0 Å². The fourth-order valence-electron chi connectivity index (χ4n) is 2.23. The van der Waals surface area contributed by atoms with Crippen molar-refractivity contribution in [2.24, 2.45) is 5.92 Å². The van der Waals surface area contributed by atoms with Crippen LogP contribution in [0.4, 0.5) is 0 Å². The molecule has 0 spiro atoms. The van der Waals surface area contributed by atoms with Gasteiger partial charge < -0.3 is 14.4 Å². The first-order valence-electron chi connectivity index (χ1n) is 7.57. The lowest BCUT2D eigenvalue weighted by Crippen LogP contribution is -2.33. The van der Waals surface area contributed by atoms with Gasteiger partial charge in [0.2, 0.25) is 0 Å². The van der Waals surface area contributed by atoms with Gasteiger partial charge in [0.15, 0.2) is 0 Å². The van der Waals surface area contributed by atoms with E-state index in [0.29, 0.717) is 6.61 Å². The molecular weight excluding hydrogens is 266 g/mol. The number of esters is 1. The number of hydrogen-bond acceptors (Lipinski definition) is 4. The molecular formula is C17H27NO3. The number of aryl methyl sites for hydroxylation is 1. The summed E-state index contributed by atoms with van der Waals surface area (Å²) in [6.45, 7) is 9.31. The van der Waals surface area contributed by atoms with Crippen molar-refractivity contribution in [2.45, 2.75) is 27.2 Å². The standard InChI is InChI=1S/C17H27NO3/c1-5-18(13-15(3)17(19)20-4)11-8-12-21-16-10-7-6-9-14(16)2/h6-7,9-10,15H,5,8,11-13H2,1-4H3. The second-order valence-corrected chi connectivity index (χ2v) is 5.28. The van der Waals surface area contributed by atoms with Crippen LogP contribution < -0.4 is 4.74 Å². The molecule has 1 rings (SSSR count). The van der Waals surface area contributed by atoms with Crippen molar-refractivity contribution >= 4 is 5.97 Å². The van der Waals surface area contributed by atoms with Gasteiger partial charge in [-0.1, -0.05) is 32.0 Å². The number of ether oxygens (including phenoxy) is 2. The van der Waals surface area contributed by atoms with Crippen LogP contribution in [0.2, 0.25) is 0 Å². The molecule has 0 saturated heterocycles. The lowest BCUT2D eigenvalue weighted by Gasteiger charge is -2.23. The molecule has 0 bridgehead atoms. The van der Waals surface area contributed by atoms with Gasteiger partial charge in [-0.2, -0.15) is 0 Å². The third-order valence-electron chi connectivity index (χ3n) is 3.55. The second-order valence-electron chi connectivity index (χ2n) is 5.28. The van der Waals surface area contributed by atoms with Gasteiger partial charge in [-0.05, 0) is 31.5 Å². The highest BCUT2D eigenvalue weighted by Gasteiger charge is 2.16. The Labute approximate surface area is 128 Å². The van der Waals surface area contributed by atoms with Crippen molar-refractivity contribution in [1.82, 2.24) is 4.90 Å². The Hall–Kier alpha value is -1.55. The Morgan fingerprint density at radius 3 is 2.67 bits per heavy atom. The predicted octanol–water partition coefficient (Wildman–Crippen LogP) is 2.89. The number of benzene rings is 1. The van der Waals surface area contributed by atoms with E-state index >= 15 is 0 Å². The van der Waals surface area contributed by atoms with Gasteiger partial charge in [-0.25, -0.2) is 0 Å². The van der Waals surface area contributed by atoms with E-state index in [1.165, 1.54) is 7.11 Å². The molecule has 0 aromatic heterocycles. The Bertz CT molecular complexity index is 434. The second kappa shape index (κ2) is 9.40. The van der Waals surface area contributed by atoms with E-state index in [0.717, 1.165) is 37.4 Å². The average Bonchev–Trinajstić information content (AvgIpc) is 2.50. The monoisotopic (exact) mass is 293 g/mol. The van der Waals surface area contributed by atoms with Gasteiger partial charge in [0.25, 0.3) is 0 Å². The summed E-state index contributed by atoms with van der Waals surface area (Å²) in [7, 11) is 1.44. The summed E-state index contributed by atoms with van der Waals surface area (Å²) in [4.78, 5) is 13.7. The molecule has 4 nitrogen and oxygen atoms in total. The van der Waals surface area contributed by atoms with Crippen molar-refractivity contribution in [2.75, 3.05) is 33.4 Å². The van der Waals surface area contributed by atoms with Gasteiger partial charge in [0.1, 0.15) is 5.75 Å². The molecule has 0 aliphatic carbocycles. The molecule has 0 fully saturated rings. The number of nitrogens with zero attached hydrogens (tertiary/aromatic N) is 1. The maximum atomic E-state index is 11.4. The molecule has 0 aliphatic rings. The van der Waals surface area contributed by atoms with Crippen molar-refractivity contribution in [3.63, 3.8) is 0 Å². The highest BCUT2D eigenvalue weighted by molar-refractivity contribution is 5.72. The molecule has 118 valence electrons. The van der Waals surface area contributed by atoms with Crippen molar-refractivity contribution in [3.05, 3.63) is 29.8 Å². The van der Waals surface area contributed by atoms with Crippen LogP contribution in [0.15, 0.2) is 24.3 Å². The lowest BCUT2D eigenvalue weighted by molar-refractivity contribution is -0.145.